The third kappa shape index (κ3) is 6.11. The molecule has 1 spiro atoms. The Bertz CT molecular complexity index is 1400. The SMILES string of the molecule is CS(=O)(=O)Cc1ccc(-c2ccc3c(c2)CCC2(CCN(C(=O)OCc4ccccc4Cl)CC2)O3)cc1. The largest absolute Gasteiger partial charge is 0.487 e. The first kappa shape index (κ1) is 25.6. The third-order valence-corrected chi connectivity index (χ3v) is 8.42. The van der Waals surface area contributed by atoms with Crippen LogP contribution in [0.4, 0.5) is 4.79 Å². The van der Waals surface area contributed by atoms with Crippen LogP contribution in [0, 0.1) is 0 Å². The van der Waals surface area contributed by atoms with E-state index in [0.29, 0.717) is 18.1 Å². The first-order valence-electron chi connectivity index (χ1n) is 12.4. The maximum absolute atomic E-state index is 12.6. The molecule has 1 amide bonds. The lowest BCUT2D eigenvalue weighted by Crippen LogP contribution is -2.51. The molecule has 8 heteroatoms. The molecule has 0 unspecified atom stereocenters. The molecule has 194 valence electrons. The van der Waals surface area contributed by atoms with Crippen molar-refractivity contribution in [2.45, 2.75) is 43.6 Å². The number of rotatable bonds is 5. The first-order valence-corrected chi connectivity index (χ1v) is 14.9. The standard InChI is InChI=1S/C29H30ClNO5S/c1-37(33,34)20-21-6-8-22(9-7-21)23-10-11-27-24(18-23)12-13-29(36-27)14-16-31(17-15-29)28(32)35-19-25-4-2-3-5-26(25)30/h2-11,18H,12-17,19-20H2,1H3. The van der Waals surface area contributed by atoms with E-state index in [1.165, 1.54) is 11.8 Å². The summed E-state index contributed by atoms with van der Waals surface area (Å²) in [7, 11) is -3.05. The van der Waals surface area contributed by atoms with E-state index in [2.05, 4.69) is 6.07 Å². The second-order valence-electron chi connectivity index (χ2n) is 10.0. The third-order valence-electron chi connectivity index (χ3n) is 7.19. The Morgan fingerprint density at radius 2 is 1.70 bits per heavy atom. The Labute approximate surface area is 223 Å². The van der Waals surface area contributed by atoms with Crippen LogP contribution in [0.1, 0.15) is 36.0 Å². The summed E-state index contributed by atoms with van der Waals surface area (Å²) in [6.07, 6.45) is 4.26. The van der Waals surface area contributed by atoms with E-state index in [9.17, 15) is 13.2 Å². The summed E-state index contributed by atoms with van der Waals surface area (Å²) >= 11 is 6.16. The summed E-state index contributed by atoms with van der Waals surface area (Å²) in [6, 6.07) is 21.3. The molecule has 1 fully saturated rings. The fourth-order valence-electron chi connectivity index (χ4n) is 5.09. The monoisotopic (exact) mass is 539 g/mol. The number of carbonyl (C=O) groups is 1. The van der Waals surface area contributed by atoms with Crippen LogP contribution in [0.25, 0.3) is 11.1 Å². The molecule has 2 heterocycles. The topological polar surface area (TPSA) is 72.9 Å². The summed E-state index contributed by atoms with van der Waals surface area (Å²) in [5, 5.41) is 0.592. The summed E-state index contributed by atoms with van der Waals surface area (Å²) in [4.78, 5) is 14.4. The number of hydrogen-bond donors (Lipinski definition) is 0. The Balaban J connectivity index is 1.18. The van der Waals surface area contributed by atoms with Gasteiger partial charge in [0.1, 0.15) is 18.0 Å². The van der Waals surface area contributed by atoms with Crippen molar-refractivity contribution in [1.82, 2.24) is 4.90 Å². The van der Waals surface area contributed by atoms with Crippen molar-refractivity contribution in [1.29, 1.82) is 0 Å². The van der Waals surface area contributed by atoms with Crippen LogP contribution in [0.3, 0.4) is 0 Å². The highest BCUT2D eigenvalue weighted by molar-refractivity contribution is 7.89. The van der Waals surface area contributed by atoms with Gasteiger partial charge in [0.15, 0.2) is 9.84 Å². The average Bonchev–Trinajstić information content (AvgIpc) is 2.88. The van der Waals surface area contributed by atoms with Crippen molar-refractivity contribution in [3.05, 3.63) is 88.4 Å². The second-order valence-corrected chi connectivity index (χ2v) is 12.6. The fourth-order valence-corrected chi connectivity index (χ4v) is 6.08. The lowest BCUT2D eigenvalue weighted by Gasteiger charge is -2.44. The van der Waals surface area contributed by atoms with Crippen LogP contribution in [-0.4, -0.2) is 44.4 Å². The maximum atomic E-state index is 12.6. The van der Waals surface area contributed by atoms with Crippen LogP contribution in [0.15, 0.2) is 66.7 Å². The molecular formula is C29H30ClNO5S. The zero-order valence-electron chi connectivity index (χ0n) is 20.8. The molecule has 0 atom stereocenters. The minimum atomic E-state index is -3.05. The van der Waals surface area contributed by atoms with Crippen molar-refractivity contribution >= 4 is 27.5 Å². The Morgan fingerprint density at radius 3 is 2.41 bits per heavy atom. The molecule has 37 heavy (non-hydrogen) atoms. The number of sulfone groups is 1. The quantitative estimate of drug-likeness (QED) is 0.395. The number of amides is 1. The smallest absolute Gasteiger partial charge is 0.410 e. The Kier molecular flexibility index (Phi) is 7.19. The van der Waals surface area contributed by atoms with Crippen molar-refractivity contribution in [3.63, 3.8) is 0 Å². The van der Waals surface area contributed by atoms with Crippen LogP contribution in [-0.2, 0) is 33.4 Å². The van der Waals surface area contributed by atoms with Gasteiger partial charge >= 0.3 is 6.09 Å². The van der Waals surface area contributed by atoms with Crippen LogP contribution in [0.5, 0.6) is 5.75 Å². The zero-order chi connectivity index (χ0) is 26.0. The number of piperidine rings is 1. The highest BCUT2D eigenvalue weighted by atomic mass is 35.5. The van der Waals surface area contributed by atoms with Crippen LogP contribution in [0.2, 0.25) is 5.02 Å². The second kappa shape index (κ2) is 10.4. The maximum Gasteiger partial charge on any atom is 0.410 e. The number of carbonyl (C=O) groups excluding carboxylic acids is 1. The number of aryl methyl sites for hydroxylation is 1. The van der Waals surface area contributed by atoms with Gasteiger partial charge < -0.3 is 14.4 Å². The fraction of sp³-hybridized carbons (Fsp3) is 0.345. The van der Waals surface area contributed by atoms with Gasteiger partial charge in [-0.15, -0.1) is 0 Å². The van der Waals surface area contributed by atoms with E-state index in [1.807, 2.05) is 54.6 Å². The Morgan fingerprint density at radius 1 is 1.00 bits per heavy atom. The van der Waals surface area contributed by atoms with Gasteiger partial charge in [0.25, 0.3) is 0 Å². The molecule has 5 rings (SSSR count). The number of halogens is 1. The molecule has 0 aromatic heterocycles. The molecule has 0 aliphatic carbocycles. The predicted molar refractivity (Wildman–Crippen MR) is 145 cm³/mol. The molecule has 0 N–H and O–H groups in total. The number of fused-ring (bicyclic) bond motifs is 1. The van der Waals surface area contributed by atoms with Gasteiger partial charge in [-0.2, -0.15) is 0 Å². The van der Waals surface area contributed by atoms with Crippen LogP contribution >= 0.6 is 11.6 Å². The van der Waals surface area contributed by atoms with Crippen molar-refractivity contribution < 1.29 is 22.7 Å². The molecule has 3 aromatic rings. The zero-order valence-corrected chi connectivity index (χ0v) is 22.4. The first-order chi connectivity index (χ1) is 17.7. The van der Waals surface area contributed by atoms with Crippen molar-refractivity contribution in [2.75, 3.05) is 19.3 Å². The van der Waals surface area contributed by atoms with E-state index in [4.69, 9.17) is 21.1 Å². The summed E-state index contributed by atoms with van der Waals surface area (Å²) in [5.74, 6) is 0.947. The van der Waals surface area contributed by atoms with E-state index in [1.54, 1.807) is 11.0 Å². The minimum Gasteiger partial charge on any atom is -0.487 e. The molecule has 2 aliphatic rings. The summed E-state index contributed by atoms with van der Waals surface area (Å²) in [5.41, 5.74) is 4.62. The van der Waals surface area contributed by atoms with Gasteiger partial charge in [-0.05, 0) is 53.3 Å². The summed E-state index contributed by atoms with van der Waals surface area (Å²) < 4.78 is 35.1. The number of benzene rings is 3. The highest BCUT2D eigenvalue weighted by Crippen LogP contribution is 2.41. The van der Waals surface area contributed by atoms with Crippen molar-refractivity contribution in [2.24, 2.45) is 0 Å². The molecule has 2 aliphatic heterocycles. The van der Waals surface area contributed by atoms with Gasteiger partial charge in [-0.1, -0.05) is 60.1 Å². The number of ether oxygens (including phenoxy) is 2. The molecule has 6 nitrogen and oxygen atoms in total. The molecular weight excluding hydrogens is 510 g/mol. The molecule has 0 radical (unpaired) electrons. The molecule has 3 aromatic carbocycles. The predicted octanol–water partition coefficient (Wildman–Crippen LogP) is 6.05. The minimum absolute atomic E-state index is 0.0456. The Hall–Kier alpha value is -3.03. The average molecular weight is 540 g/mol. The molecule has 1 saturated heterocycles. The van der Waals surface area contributed by atoms with Gasteiger partial charge in [0.05, 0.1) is 5.75 Å². The number of nitrogens with zero attached hydrogens (tertiary/aromatic N) is 1. The van der Waals surface area contributed by atoms with E-state index >= 15 is 0 Å². The number of likely N-dealkylation sites (tertiary alicyclic amines) is 1. The summed E-state index contributed by atoms with van der Waals surface area (Å²) in [6.45, 7) is 1.34. The van der Waals surface area contributed by atoms with Crippen LogP contribution < -0.4 is 4.74 Å². The van der Waals surface area contributed by atoms with Gasteiger partial charge in [0.2, 0.25) is 0 Å². The van der Waals surface area contributed by atoms with Gasteiger partial charge in [-0.25, -0.2) is 13.2 Å². The lowest BCUT2D eigenvalue weighted by atomic mass is 9.82. The van der Waals surface area contributed by atoms with Gasteiger partial charge in [0, 0.05) is 42.8 Å². The lowest BCUT2D eigenvalue weighted by molar-refractivity contribution is -0.0150. The van der Waals surface area contributed by atoms with E-state index in [-0.39, 0.29) is 24.1 Å². The number of hydrogen-bond acceptors (Lipinski definition) is 5. The highest BCUT2D eigenvalue weighted by Gasteiger charge is 2.40. The molecule has 0 bridgehead atoms. The normalized spacial score (nSPS) is 16.6. The molecule has 0 saturated carbocycles. The van der Waals surface area contributed by atoms with Gasteiger partial charge in [-0.3, -0.25) is 0 Å². The van der Waals surface area contributed by atoms with E-state index in [0.717, 1.165) is 53.7 Å². The van der Waals surface area contributed by atoms with E-state index < -0.39 is 9.84 Å². The van der Waals surface area contributed by atoms with Crippen molar-refractivity contribution in [3.8, 4) is 16.9 Å².